The second kappa shape index (κ2) is 5.27. The third kappa shape index (κ3) is 4.26. The Labute approximate surface area is 112 Å². The molecule has 2 rings (SSSR count). The van der Waals surface area contributed by atoms with Crippen molar-refractivity contribution in [2.75, 3.05) is 17.2 Å². The van der Waals surface area contributed by atoms with Gasteiger partial charge in [-0.25, -0.2) is 9.97 Å². The summed E-state index contributed by atoms with van der Waals surface area (Å²) in [5.41, 5.74) is 5.62. The summed E-state index contributed by atoms with van der Waals surface area (Å²) < 4.78 is 5.43. The van der Waals surface area contributed by atoms with E-state index in [2.05, 4.69) is 20.6 Å². The van der Waals surface area contributed by atoms with Crippen LogP contribution in [-0.4, -0.2) is 22.1 Å². The van der Waals surface area contributed by atoms with E-state index in [9.17, 15) is 0 Å². The molecular formula is C13H19N5O. The minimum atomic E-state index is -0.295. The normalized spacial score (nSPS) is 11.4. The molecule has 0 radical (unpaired) electrons. The number of hydrogen-bond donors (Lipinski definition) is 3. The van der Waals surface area contributed by atoms with E-state index in [1.165, 1.54) is 6.33 Å². The lowest BCUT2D eigenvalue weighted by Gasteiger charge is -2.19. The van der Waals surface area contributed by atoms with Crippen molar-refractivity contribution in [3.63, 3.8) is 0 Å². The number of hydrogen-bond acceptors (Lipinski definition) is 6. The maximum Gasteiger partial charge on any atom is 0.198 e. The van der Waals surface area contributed by atoms with E-state index in [4.69, 9.17) is 10.2 Å². The molecule has 0 aliphatic carbocycles. The molecule has 6 nitrogen and oxygen atoms in total. The molecule has 0 bridgehead atoms. The van der Waals surface area contributed by atoms with Gasteiger partial charge in [-0.15, -0.1) is 0 Å². The van der Waals surface area contributed by atoms with Crippen molar-refractivity contribution in [1.29, 1.82) is 0 Å². The molecule has 0 atom stereocenters. The zero-order valence-corrected chi connectivity index (χ0v) is 11.4. The largest absolute Gasteiger partial charge is 0.446 e. The van der Waals surface area contributed by atoms with Crippen molar-refractivity contribution in [1.82, 2.24) is 9.97 Å². The average molecular weight is 261 g/mol. The van der Waals surface area contributed by atoms with Gasteiger partial charge in [-0.2, -0.15) is 0 Å². The molecule has 0 aromatic carbocycles. The lowest BCUT2D eigenvalue weighted by atomic mass is 10.1. The van der Waals surface area contributed by atoms with Crippen molar-refractivity contribution in [3.8, 4) is 0 Å². The molecule has 6 heteroatoms. The molecular weight excluding hydrogens is 242 g/mol. The van der Waals surface area contributed by atoms with Crippen LogP contribution in [0.5, 0.6) is 0 Å². The number of nitrogens with zero attached hydrogens (tertiary/aromatic N) is 2. The van der Waals surface area contributed by atoms with Crippen molar-refractivity contribution < 1.29 is 4.42 Å². The van der Waals surface area contributed by atoms with Gasteiger partial charge in [0.25, 0.3) is 0 Å². The van der Waals surface area contributed by atoms with E-state index in [0.717, 1.165) is 11.6 Å². The van der Waals surface area contributed by atoms with Crippen LogP contribution in [0.15, 0.2) is 28.9 Å². The fourth-order valence-corrected chi connectivity index (χ4v) is 1.47. The highest BCUT2D eigenvalue weighted by molar-refractivity contribution is 5.54. The summed E-state index contributed by atoms with van der Waals surface area (Å²) in [7, 11) is 0. The van der Waals surface area contributed by atoms with Crippen LogP contribution in [0.2, 0.25) is 0 Å². The van der Waals surface area contributed by atoms with Crippen molar-refractivity contribution in [2.24, 2.45) is 5.73 Å². The molecule has 102 valence electrons. The summed E-state index contributed by atoms with van der Waals surface area (Å²) in [6.07, 6.45) is 1.49. The number of nitrogens with one attached hydrogen (secondary N) is 2. The standard InChI is InChI=1S/C13H19N5O/c1-9-4-5-12(19-9)18-11-6-10(16-8-17-11)15-7-13(2,3)14/h4-6,8H,7,14H2,1-3H3,(H2,15,16,17,18). The van der Waals surface area contributed by atoms with Crippen LogP contribution in [0.1, 0.15) is 19.6 Å². The summed E-state index contributed by atoms with van der Waals surface area (Å²) in [5.74, 6) is 2.89. The predicted octanol–water partition coefficient (Wildman–Crippen LogP) is 2.27. The molecule has 0 saturated carbocycles. The minimum Gasteiger partial charge on any atom is -0.446 e. The Kier molecular flexibility index (Phi) is 3.71. The average Bonchev–Trinajstić information content (AvgIpc) is 2.72. The van der Waals surface area contributed by atoms with E-state index in [-0.39, 0.29) is 5.54 Å². The molecule has 0 amide bonds. The summed E-state index contributed by atoms with van der Waals surface area (Å²) >= 11 is 0. The monoisotopic (exact) mass is 261 g/mol. The van der Waals surface area contributed by atoms with E-state index >= 15 is 0 Å². The maximum atomic E-state index is 5.91. The fourth-order valence-electron chi connectivity index (χ4n) is 1.47. The van der Waals surface area contributed by atoms with Crippen LogP contribution in [0.3, 0.4) is 0 Å². The molecule has 2 aromatic rings. The van der Waals surface area contributed by atoms with Gasteiger partial charge in [0.1, 0.15) is 23.7 Å². The Morgan fingerprint density at radius 1 is 1.26 bits per heavy atom. The molecule has 19 heavy (non-hydrogen) atoms. The molecule has 0 aliphatic rings. The van der Waals surface area contributed by atoms with Gasteiger partial charge in [-0.3, -0.25) is 0 Å². The van der Waals surface area contributed by atoms with Crippen LogP contribution < -0.4 is 16.4 Å². The van der Waals surface area contributed by atoms with Gasteiger partial charge in [0, 0.05) is 24.2 Å². The van der Waals surface area contributed by atoms with Gasteiger partial charge < -0.3 is 20.8 Å². The Hall–Kier alpha value is -2.08. The first-order valence-corrected chi connectivity index (χ1v) is 6.11. The third-order valence-electron chi connectivity index (χ3n) is 2.38. The maximum absolute atomic E-state index is 5.91. The van der Waals surface area contributed by atoms with Crippen molar-refractivity contribution in [3.05, 3.63) is 30.3 Å². The Balaban J connectivity index is 2.02. The van der Waals surface area contributed by atoms with E-state index in [1.54, 1.807) is 0 Å². The van der Waals surface area contributed by atoms with Crippen molar-refractivity contribution in [2.45, 2.75) is 26.3 Å². The number of furan rings is 1. The summed E-state index contributed by atoms with van der Waals surface area (Å²) in [4.78, 5) is 8.28. The third-order valence-corrected chi connectivity index (χ3v) is 2.38. The van der Waals surface area contributed by atoms with Crippen molar-refractivity contribution >= 4 is 17.5 Å². The Morgan fingerprint density at radius 2 is 2.00 bits per heavy atom. The molecule has 0 fully saturated rings. The molecule has 2 heterocycles. The topological polar surface area (TPSA) is 89.0 Å². The molecule has 0 unspecified atom stereocenters. The van der Waals surface area contributed by atoms with Crippen LogP contribution in [-0.2, 0) is 0 Å². The van der Waals surface area contributed by atoms with Gasteiger partial charge in [0.05, 0.1) is 0 Å². The predicted molar refractivity (Wildman–Crippen MR) is 75.5 cm³/mol. The van der Waals surface area contributed by atoms with Gasteiger partial charge >= 0.3 is 0 Å². The van der Waals surface area contributed by atoms with Crippen LogP contribution >= 0.6 is 0 Å². The second-order valence-electron chi connectivity index (χ2n) is 5.17. The number of aryl methyl sites for hydroxylation is 1. The molecule has 2 aromatic heterocycles. The lowest BCUT2D eigenvalue weighted by molar-refractivity contribution is 0.548. The highest BCUT2D eigenvalue weighted by Crippen LogP contribution is 2.18. The number of aromatic nitrogens is 2. The Bertz CT molecular complexity index is 544. The zero-order valence-electron chi connectivity index (χ0n) is 11.4. The number of rotatable bonds is 5. The SMILES string of the molecule is Cc1ccc(Nc2cc(NCC(C)(C)N)ncn2)o1. The quantitative estimate of drug-likeness (QED) is 0.765. The first-order chi connectivity index (χ1) is 8.92. The lowest BCUT2D eigenvalue weighted by Crippen LogP contribution is -2.39. The highest BCUT2D eigenvalue weighted by Gasteiger charge is 2.10. The van der Waals surface area contributed by atoms with Gasteiger partial charge in [0.15, 0.2) is 5.88 Å². The fraction of sp³-hybridized carbons (Fsp3) is 0.385. The van der Waals surface area contributed by atoms with Gasteiger partial charge in [0.2, 0.25) is 0 Å². The van der Waals surface area contributed by atoms with E-state index in [1.807, 2.05) is 39.0 Å². The summed E-state index contributed by atoms with van der Waals surface area (Å²) in [6, 6.07) is 5.55. The van der Waals surface area contributed by atoms with E-state index in [0.29, 0.717) is 18.2 Å². The highest BCUT2D eigenvalue weighted by atomic mass is 16.4. The molecule has 4 N–H and O–H groups in total. The zero-order chi connectivity index (χ0) is 13.9. The minimum absolute atomic E-state index is 0.295. The number of anilines is 3. The Morgan fingerprint density at radius 3 is 2.63 bits per heavy atom. The number of nitrogens with two attached hydrogens (primary N) is 1. The van der Waals surface area contributed by atoms with Crippen LogP contribution in [0.4, 0.5) is 17.5 Å². The first kappa shape index (κ1) is 13.4. The van der Waals surface area contributed by atoms with Gasteiger partial charge in [-0.05, 0) is 26.8 Å². The second-order valence-corrected chi connectivity index (χ2v) is 5.17. The molecule has 0 saturated heterocycles. The van der Waals surface area contributed by atoms with E-state index < -0.39 is 0 Å². The first-order valence-electron chi connectivity index (χ1n) is 6.11. The smallest absolute Gasteiger partial charge is 0.198 e. The molecule has 0 aliphatic heterocycles. The summed E-state index contributed by atoms with van der Waals surface area (Å²) in [5, 5.41) is 6.24. The van der Waals surface area contributed by atoms with Crippen LogP contribution in [0.25, 0.3) is 0 Å². The molecule has 0 spiro atoms. The van der Waals surface area contributed by atoms with Crippen LogP contribution in [0, 0.1) is 6.92 Å². The summed E-state index contributed by atoms with van der Waals surface area (Å²) in [6.45, 7) is 6.42. The van der Waals surface area contributed by atoms with Gasteiger partial charge in [-0.1, -0.05) is 0 Å².